The predicted molar refractivity (Wildman–Crippen MR) is 168 cm³/mol. The smallest absolute Gasteiger partial charge is 0.191 e. The summed E-state index contributed by atoms with van der Waals surface area (Å²) in [4.78, 5) is 14.7. The first kappa shape index (κ1) is 35.3. The molecule has 2 rings (SSSR count). The fourth-order valence-corrected chi connectivity index (χ4v) is 7.59. The van der Waals surface area contributed by atoms with Crippen molar-refractivity contribution in [1.82, 2.24) is 25.7 Å². The van der Waals surface area contributed by atoms with Crippen molar-refractivity contribution in [3.63, 3.8) is 0 Å². The van der Waals surface area contributed by atoms with Crippen LogP contribution in [0.4, 0.5) is 0 Å². The second-order valence-corrected chi connectivity index (χ2v) is 14.8. The van der Waals surface area contributed by atoms with E-state index in [2.05, 4.69) is 94.9 Å². The lowest BCUT2D eigenvalue weighted by Gasteiger charge is -2.55. The van der Waals surface area contributed by atoms with Crippen LogP contribution in [0.3, 0.4) is 0 Å². The van der Waals surface area contributed by atoms with Gasteiger partial charge in [-0.15, -0.1) is 0 Å². The third kappa shape index (κ3) is 9.55. The summed E-state index contributed by atoms with van der Waals surface area (Å²) in [7, 11) is 1.87. The Morgan fingerprint density at radius 1 is 0.750 bits per heavy atom. The molecule has 0 aromatic carbocycles. The second kappa shape index (κ2) is 15.0. The fraction of sp³-hybridized carbons (Fsp3) is 0.969. The van der Waals surface area contributed by atoms with Gasteiger partial charge in [0, 0.05) is 47.8 Å². The van der Waals surface area contributed by atoms with Crippen molar-refractivity contribution in [3.05, 3.63) is 0 Å². The van der Waals surface area contributed by atoms with E-state index >= 15 is 0 Å². The molecule has 8 heteroatoms. The molecular formula is C32H66N6O2. The SMILES string of the molecule is CCCON1C(C)(C)CC(NCCCCCCN(C(=N)NC)C2CC(C)(C)N(OCCC)C(C)(C)C2)CC1(C)C. The van der Waals surface area contributed by atoms with E-state index < -0.39 is 0 Å². The van der Waals surface area contributed by atoms with Crippen LogP contribution < -0.4 is 10.6 Å². The Hall–Kier alpha value is -0.930. The van der Waals surface area contributed by atoms with Crippen molar-refractivity contribution in [3.8, 4) is 0 Å². The van der Waals surface area contributed by atoms with Gasteiger partial charge in [-0.25, -0.2) is 0 Å². The van der Waals surface area contributed by atoms with Crippen LogP contribution in [-0.4, -0.2) is 88.6 Å². The molecule has 0 bridgehead atoms. The lowest BCUT2D eigenvalue weighted by atomic mass is 9.78. The highest BCUT2D eigenvalue weighted by Crippen LogP contribution is 2.41. The van der Waals surface area contributed by atoms with Gasteiger partial charge >= 0.3 is 0 Å². The van der Waals surface area contributed by atoms with Crippen molar-refractivity contribution in [1.29, 1.82) is 5.41 Å². The van der Waals surface area contributed by atoms with Crippen molar-refractivity contribution >= 4 is 5.96 Å². The molecule has 2 saturated heterocycles. The highest BCUT2D eigenvalue weighted by atomic mass is 16.7. The Bertz CT molecular complexity index is 733. The molecule has 8 nitrogen and oxygen atoms in total. The predicted octanol–water partition coefficient (Wildman–Crippen LogP) is 6.32. The molecule has 2 aliphatic heterocycles. The van der Waals surface area contributed by atoms with Crippen LogP contribution in [0.25, 0.3) is 0 Å². The highest BCUT2D eigenvalue weighted by Gasteiger charge is 2.48. The van der Waals surface area contributed by atoms with Crippen molar-refractivity contribution < 1.29 is 9.68 Å². The van der Waals surface area contributed by atoms with E-state index in [0.29, 0.717) is 18.0 Å². The van der Waals surface area contributed by atoms with Crippen LogP contribution in [0.2, 0.25) is 0 Å². The molecule has 0 unspecified atom stereocenters. The first-order valence-electron chi connectivity index (χ1n) is 16.2. The van der Waals surface area contributed by atoms with E-state index in [9.17, 15) is 0 Å². The molecule has 2 heterocycles. The first-order valence-corrected chi connectivity index (χ1v) is 16.2. The number of nitrogens with one attached hydrogen (secondary N) is 3. The van der Waals surface area contributed by atoms with Crippen molar-refractivity contribution in [2.45, 2.75) is 168 Å². The summed E-state index contributed by atoms with van der Waals surface area (Å²) < 4.78 is 0. The second-order valence-electron chi connectivity index (χ2n) is 14.8. The molecule has 0 spiro atoms. The summed E-state index contributed by atoms with van der Waals surface area (Å²) in [5, 5.41) is 20.2. The van der Waals surface area contributed by atoms with Crippen molar-refractivity contribution in [2.75, 3.05) is 33.4 Å². The van der Waals surface area contributed by atoms with E-state index in [1.807, 2.05) is 7.05 Å². The van der Waals surface area contributed by atoms with Gasteiger partial charge in [-0.05, 0) is 113 Å². The number of hydrogen-bond acceptors (Lipinski definition) is 6. The maximum Gasteiger partial charge on any atom is 0.191 e. The van der Waals surface area contributed by atoms with E-state index in [-0.39, 0.29) is 22.2 Å². The molecule has 3 N–H and O–H groups in total. The number of nitrogens with zero attached hydrogens (tertiary/aromatic N) is 3. The summed E-state index contributed by atoms with van der Waals surface area (Å²) in [5.41, 5.74) is -0.115. The standard InChI is InChI=1S/C32H66N6O2/c1-12-20-39-37-29(3,4)22-26(23-30(37,5)6)35-18-16-14-15-17-19-36(28(33)34-11)27-24-31(7,8)38(40-21-13-2)32(9,10)25-27/h26-27,35H,12-25H2,1-11H3,(H2,33,34). The van der Waals surface area contributed by atoms with E-state index in [0.717, 1.165) is 71.2 Å². The minimum atomic E-state index is -0.0824. The number of unbranched alkanes of at least 4 members (excludes halogenated alkanes) is 3. The molecule has 0 atom stereocenters. The molecule has 0 aliphatic carbocycles. The number of piperidine rings is 2. The number of guanidine groups is 1. The van der Waals surface area contributed by atoms with Gasteiger partial charge in [0.05, 0.1) is 13.2 Å². The quantitative estimate of drug-likeness (QED) is 0.122. The van der Waals surface area contributed by atoms with Crippen LogP contribution in [-0.2, 0) is 9.68 Å². The molecule has 0 aromatic heterocycles. The monoisotopic (exact) mass is 567 g/mol. The van der Waals surface area contributed by atoms with Gasteiger partial charge in [0.15, 0.2) is 5.96 Å². The molecule has 0 aromatic rings. The number of hydrogen-bond donors (Lipinski definition) is 3. The Morgan fingerprint density at radius 2 is 1.20 bits per heavy atom. The molecule has 40 heavy (non-hydrogen) atoms. The first-order chi connectivity index (χ1) is 18.6. The third-order valence-corrected chi connectivity index (χ3v) is 8.73. The zero-order valence-electron chi connectivity index (χ0n) is 28.2. The van der Waals surface area contributed by atoms with Crippen LogP contribution >= 0.6 is 0 Å². The minimum absolute atomic E-state index is 0.0250. The van der Waals surface area contributed by atoms with Gasteiger partial charge < -0.3 is 15.5 Å². The Morgan fingerprint density at radius 3 is 1.65 bits per heavy atom. The van der Waals surface area contributed by atoms with E-state index in [1.54, 1.807) is 0 Å². The maximum atomic E-state index is 8.67. The summed E-state index contributed by atoms with van der Waals surface area (Å²) in [6.07, 6.45) is 11.0. The third-order valence-electron chi connectivity index (χ3n) is 8.73. The highest BCUT2D eigenvalue weighted by molar-refractivity contribution is 5.76. The van der Waals surface area contributed by atoms with Gasteiger partial charge in [0.2, 0.25) is 0 Å². The molecular weight excluding hydrogens is 500 g/mol. The maximum absolute atomic E-state index is 8.67. The normalized spacial score (nSPS) is 23.3. The zero-order chi connectivity index (χ0) is 30.2. The molecule has 2 fully saturated rings. The van der Waals surface area contributed by atoms with Gasteiger partial charge in [0.25, 0.3) is 0 Å². The van der Waals surface area contributed by atoms with Crippen LogP contribution in [0.5, 0.6) is 0 Å². The molecule has 0 radical (unpaired) electrons. The Labute approximate surface area is 247 Å². The summed E-state index contributed by atoms with van der Waals surface area (Å²) in [6, 6.07) is 0.851. The minimum Gasteiger partial charge on any atom is -0.359 e. The number of hydroxylamine groups is 4. The average Bonchev–Trinajstić information content (AvgIpc) is 2.82. The Balaban J connectivity index is 1.81. The summed E-state index contributed by atoms with van der Waals surface area (Å²) in [5.74, 6) is 0.542. The zero-order valence-corrected chi connectivity index (χ0v) is 28.2. The fourth-order valence-electron chi connectivity index (χ4n) is 7.59. The lowest BCUT2D eigenvalue weighted by Crippen LogP contribution is -2.65. The largest absolute Gasteiger partial charge is 0.359 e. The average molecular weight is 567 g/mol. The van der Waals surface area contributed by atoms with E-state index in [1.165, 1.54) is 19.3 Å². The van der Waals surface area contributed by atoms with Gasteiger partial charge in [-0.2, -0.15) is 10.1 Å². The topological polar surface area (TPSA) is 76.1 Å². The lowest BCUT2D eigenvalue weighted by molar-refractivity contribution is -0.286. The summed E-state index contributed by atoms with van der Waals surface area (Å²) >= 11 is 0. The molecule has 236 valence electrons. The van der Waals surface area contributed by atoms with Crippen LogP contribution in [0, 0.1) is 5.41 Å². The van der Waals surface area contributed by atoms with Crippen molar-refractivity contribution in [2.24, 2.45) is 0 Å². The molecule has 0 amide bonds. The molecule has 0 saturated carbocycles. The van der Waals surface area contributed by atoms with Crippen LogP contribution in [0.1, 0.15) is 133 Å². The van der Waals surface area contributed by atoms with Gasteiger partial charge in [-0.1, -0.05) is 26.7 Å². The van der Waals surface area contributed by atoms with Gasteiger partial charge in [-0.3, -0.25) is 15.1 Å². The Kier molecular flexibility index (Phi) is 13.2. The van der Waals surface area contributed by atoms with E-state index in [4.69, 9.17) is 15.1 Å². The van der Waals surface area contributed by atoms with Crippen LogP contribution in [0.15, 0.2) is 0 Å². The number of rotatable bonds is 15. The van der Waals surface area contributed by atoms with Gasteiger partial charge in [0.1, 0.15) is 0 Å². The summed E-state index contributed by atoms with van der Waals surface area (Å²) in [6.45, 7) is 26.3. The molecule has 2 aliphatic rings.